The predicted octanol–water partition coefficient (Wildman–Crippen LogP) is 3.48. The lowest BCUT2D eigenvalue weighted by atomic mass is 9.52. The van der Waals surface area contributed by atoms with Crippen molar-refractivity contribution in [3.63, 3.8) is 0 Å². The van der Waals surface area contributed by atoms with Gasteiger partial charge in [-0.2, -0.15) is 0 Å². The number of nitrogens with zero attached hydrogens (tertiary/aromatic N) is 1. The third kappa shape index (κ3) is 3.38. The van der Waals surface area contributed by atoms with E-state index in [0.717, 1.165) is 51.6 Å². The van der Waals surface area contributed by atoms with Crippen molar-refractivity contribution in [2.45, 2.75) is 64.1 Å². The van der Waals surface area contributed by atoms with Crippen LogP contribution in [-0.2, 0) is 19.1 Å². The number of allylic oxidation sites excluding steroid dienone is 1. The summed E-state index contributed by atoms with van der Waals surface area (Å²) in [6.07, 6.45) is 6.42. The number of hydrogen-bond acceptors (Lipinski definition) is 6. The minimum absolute atomic E-state index is 0.0164. The molecular formula is C27H37FN2O5. The summed E-state index contributed by atoms with van der Waals surface area (Å²) in [5, 5.41) is 2.51. The number of methoxy groups -OCH3 is 1. The lowest BCUT2D eigenvalue weighted by molar-refractivity contribution is -0.150. The van der Waals surface area contributed by atoms with Crippen molar-refractivity contribution in [1.82, 2.24) is 10.2 Å². The van der Waals surface area contributed by atoms with Crippen LogP contribution >= 0.6 is 0 Å². The Morgan fingerprint density at radius 1 is 1.20 bits per heavy atom. The number of hydrogen-bond donors (Lipinski definition) is 1. The molecule has 0 radical (unpaired) electrons. The summed E-state index contributed by atoms with van der Waals surface area (Å²) in [5.74, 6) is -0.437. The molecule has 4 aliphatic carbocycles. The van der Waals surface area contributed by atoms with Gasteiger partial charge in [0, 0.05) is 43.4 Å². The van der Waals surface area contributed by atoms with Crippen LogP contribution < -0.4 is 5.32 Å². The zero-order chi connectivity index (χ0) is 24.5. The number of nitrogens with one attached hydrogen (secondary N) is 1. The highest BCUT2D eigenvalue weighted by Crippen LogP contribution is 2.77. The van der Waals surface area contributed by atoms with Crippen LogP contribution in [0, 0.1) is 46.3 Å². The number of amides is 2. The molecule has 2 aliphatic heterocycles. The second-order valence-corrected chi connectivity index (χ2v) is 12.2. The Morgan fingerprint density at radius 2 is 2.00 bits per heavy atom. The molecule has 2 saturated heterocycles. The molecule has 0 aromatic heterocycles. The van der Waals surface area contributed by atoms with Gasteiger partial charge in [0.1, 0.15) is 11.9 Å². The minimum Gasteiger partial charge on any atom is -0.445 e. The maximum atomic E-state index is 13.6. The number of halogens is 1. The van der Waals surface area contributed by atoms with Crippen molar-refractivity contribution in [3.8, 4) is 0 Å². The van der Waals surface area contributed by atoms with Gasteiger partial charge in [-0.1, -0.05) is 6.92 Å². The van der Waals surface area contributed by atoms with Crippen LogP contribution in [0.3, 0.4) is 0 Å². The van der Waals surface area contributed by atoms with Crippen molar-refractivity contribution < 1.29 is 28.2 Å². The molecule has 8 heteroatoms. The highest BCUT2D eigenvalue weighted by Gasteiger charge is 2.76. The number of ether oxygens (including phenoxy) is 2. The summed E-state index contributed by atoms with van der Waals surface area (Å²) < 4.78 is 25.4. The Labute approximate surface area is 206 Å². The van der Waals surface area contributed by atoms with Gasteiger partial charge in [0.05, 0.1) is 18.4 Å². The Kier molecular flexibility index (Phi) is 5.64. The number of ketones is 1. The largest absolute Gasteiger partial charge is 0.445 e. The SMILES string of the molecule is CO[C@@H]1CCC23CC[C@H]4C[C@@]4(C12)[C@H](OC(=O)NC(=O)[C@H]1CN2CC[C@@H]1C2)CC(/C=C\F)C(=O)[C@@H]3C. The summed E-state index contributed by atoms with van der Waals surface area (Å²) in [6, 6.07) is 0. The molecule has 11 atom stereocenters. The summed E-state index contributed by atoms with van der Waals surface area (Å²) >= 11 is 0. The van der Waals surface area contributed by atoms with Gasteiger partial charge in [-0.3, -0.25) is 14.9 Å². The number of carbonyl (C=O) groups excluding carboxylic acids is 3. The molecule has 4 saturated carbocycles. The van der Waals surface area contributed by atoms with E-state index in [2.05, 4.69) is 10.2 Å². The van der Waals surface area contributed by atoms with Crippen LogP contribution in [0.2, 0.25) is 0 Å². The number of piperidine rings is 1. The Balaban J connectivity index is 1.28. The minimum atomic E-state index is -0.731. The third-order valence-electron chi connectivity index (χ3n) is 11.1. The Morgan fingerprint density at radius 3 is 2.69 bits per heavy atom. The average Bonchev–Trinajstić information content (AvgIpc) is 3.16. The maximum absolute atomic E-state index is 13.6. The quantitative estimate of drug-likeness (QED) is 0.652. The monoisotopic (exact) mass is 488 g/mol. The molecular weight excluding hydrogens is 451 g/mol. The fourth-order valence-electron chi connectivity index (χ4n) is 9.40. The molecule has 35 heavy (non-hydrogen) atoms. The van der Waals surface area contributed by atoms with E-state index in [9.17, 15) is 18.8 Å². The van der Waals surface area contributed by atoms with Gasteiger partial charge in [0.2, 0.25) is 5.91 Å². The molecule has 2 heterocycles. The average molecular weight is 489 g/mol. The summed E-state index contributed by atoms with van der Waals surface area (Å²) in [4.78, 5) is 41.8. The van der Waals surface area contributed by atoms with E-state index in [0.29, 0.717) is 24.7 Å². The lowest BCUT2D eigenvalue weighted by Crippen LogP contribution is -2.56. The van der Waals surface area contributed by atoms with Crippen molar-refractivity contribution in [1.29, 1.82) is 0 Å². The van der Waals surface area contributed by atoms with Gasteiger partial charge in [-0.25, -0.2) is 9.18 Å². The van der Waals surface area contributed by atoms with Gasteiger partial charge in [-0.15, -0.1) is 0 Å². The number of alkyl carbamates (subject to hydrolysis) is 1. The van der Waals surface area contributed by atoms with Crippen LogP contribution in [-0.4, -0.2) is 61.6 Å². The van der Waals surface area contributed by atoms with Gasteiger partial charge in [0.25, 0.3) is 0 Å². The first-order chi connectivity index (χ1) is 16.8. The van der Waals surface area contributed by atoms with Crippen LogP contribution in [0.15, 0.2) is 12.4 Å². The molecule has 0 aromatic carbocycles. The Bertz CT molecular complexity index is 956. The van der Waals surface area contributed by atoms with E-state index in [1.54, 1.807) is 7.11 Å². The van der Waals surface area contributed by atoms with Crippen molar-refractivity contribution >= 4 is 17.8 Å². The highest BCUT2D eigenvalue weighted by molar-refractivity contribution is 5.93. The molecule has 0 aromatic rings. The van der Waals surface area contributed by atoms with Crippen LogP contribution in [0.5, 0.6) is 0 Å². The van der Waals surface area contributed by atoms with Crippen molar-refractivity contribution in [3.05, 3.63) is 12.4 Å². The van der Waals surface area contributed by atoms with E-state index < -0.39 is 18.1 Å². The maximum Gasteiger partial charge on any atom is 0.414 e. The first-order valence-corrected chi connectivity index (χ1v) is 13.4. The number of fused-ring (bicyclic) bond motifs is 2. The number of imide groups is 1. The molecule has 4 unspecified atom stereocenters. The molecule has 2 amide bonds. The lowest BCUT2D eigenvalue weighted by Gasteiger charge is -2.53. The summed E-state index contributed by atoms with van der Waals surface area (Å²) in [6.45, 7) is 4.64. The third-order valence-corrected chi connectivity index (χ3v) is 11.1. The molecule has 6 fully saturated rings. The van der Waals surface area contributed by atoms with E-state index >= 15 is 0 Å². The summed E-state index contributed by atoms with van der Waals surface area (Å²) in [7, 11) is 1.74. The number of Topliss-reactive ketones (excluding diaryl/α,β-unsaturated/α-hetero) is 1. The molecule has 6 rings (SSSR count). The first kappa shape index (κ1) is 23.6. The smallest absolute Gasteiger partial charge is 0.414 e. The fraction of sp³-hybridized carbons (Fsp3) is 0.815. The van der Waals surface area contributed by atoms with Crippen molar-refractivity contribution in [2.24, 2.45) is 46.3 Å². The highest BCUT2D eigenvalue weighted by atomic mass is 19.1. The second-order valence-electron chi connectivity index (χ2n) is 12.2. The molecule has 7 nitrogen and oxygen atoms in total. The number of carbonyl (C=O) groups is 3. The van der Waals surface area contributed by atoms with Gasteiger partial charge >= 0.3 is 6.09 Å². The van der Waals surface area contributed by atoms with E-state index in [4.69, 9.17) is 9.47 Å². The first-order valence-electron chi connectivity index (χ1n) is 13.4. The van der Waals surface area contributed by atoms with Crippen LogP contribution in [0.25, 0.3) is 0 Å². The molecule has 1 N–H and O–H groups in total. The molecule has 192 valence electrons. The normalized spacial score (nSPS) is 49.8. The van der Waals surface area contributed by atoms with Gasteiger partial charge < -0.3 is 14.4 Å². The van der Waals surface area contributed by atoms with E-state index in [1.165, 1.54) is 6.08 Å². The zero-order valence-electron chi connectivity index (χ0n) is 20.7. The molecule has 6 aliphatic rings. The zero-order valence-corrected chi connectivity index (χ0v) is 20.7. The van der Waals surface area contributed by atoms with Gasteiger partial charge in [0.15, 0.2) is 0 Å². The van der Waals surface area contributed by atoms with Crippen molar-refractivity contribution in [2.75, 3.05) is 26.7 Å². The van der Waals surface area contributed by atoms with Crippen LogP contribution in [0.4, 0.5) is 9.18 Å². The van der Waals surface area contributed by atoms with Gasteiger partial charge in [-0.05, 0) is 74.8 Å². The van der Waals surface area contributed by atoms with E-state index in [1.807, 2.05) is 6.92 Å². The predicted molar refractivity (Wildman–Crippen MR) is 125 cm³/mol. The molecule has 1 spiro atoms. The van der Waals surface area contributed by atoms with E-state index in [-0.39, 0.29) is 52.8 Å². The summed E-state index contributed by atoms with van der Waals surface area (Å²) in [5.41, 5.74) is -0.482. The standard InChI is InChI=1S/C27H37FN2O5/c1-15-22(31)16(5-9-28)11-21(35-25(33)29-24(32)19-14-30-10-6-17(19)13-30)27-12-18(27)3-7-26(15)8-4-20(34-2)23(26)27/h5,9,15-21,23H,3-4,6-8,10-14H2,1-2H3,(H,29,32,33)/b9-5-/t15-,16?,17+,18-,19-,20+,21+,23?,26?,27-/m0/s1. The molecule has 4 bridgehead atoms. The number of rotatable bonds is 4. The van der Waals surface area contributed by atoms with Crippen LogP contribution in [0.1, 0.15) is 51.9 Å². The topological polar surface area (TPSA) is 84.9 Å². The second kappa shape index (κ2) is 8.37. The fourth-order valence-corrected chi connectivity index (χ4v) is 9.40. The Hall–Kier alpha value is -1.80.